The lowest BCUT2D eigenvalue weighted by molar-refractivity contribution is -0.119. The largest absolute Gasteiger partial charge is 0.326 e. The van der Waals surface area contributed by atoms with Crippen LogP contribution in [0, 0.1) is 12.8 Å². The molecular formula is C25H24N4O2S2. The number of rotatable bonds is 6. The molecule has 4 aromatic rings. The SMILES string of the molecule is Cc1ccc2nc(-c3ccc(NC(=O)Cc4csc(NC(=O)C5CCCC5)n4)cc3)sc2c1. The molecule has 0 saturated heterocycles. The molecule has 1 fully saturated rings. The molecule has 2 N–H and O–H groups in total. The number of aryl methyl sites for hydroxylation is 1. The molecule has 0 spiro atoms. The van der Waals surface area contributed by atoms with E-state index in [0.29, 0.717) is 10.8 Å². The molecule has 0 atom stereocenters. The maximum Gasteiger partial charge on any atom is 0.230 e. The van der Waals surface area contributed by atoms with Gasteiger partial charge in [0.2, 0.25) is 11.8 Å². The number of nitrogens with zero attached hydrogens (tertiary/aromatic N) is 2. The van der Waals surface area contributed by atoms with Crippen molar-refractivity contribution in [3.8, 4) is 10.6 Å². The zero-order chi connectivity index (χ0) is 22.8. The Labute approximate surface area is 200 Å². The first-order valence-corrected chi connectivity index (χ1v) is 12.8. The maximum absolute atomic E-state index is 12.5. The highest BCUT2D eigenvalue weighted by atomic mass is 32.1. The number of aromatic nitrogens is 2. The van der Waals surface area contributed by atoms with E-state index < -0.39 is 0 Å². The second-order valence-electron chi connectivity index (χ2n) is 8.41. The van der Waals surface area contributed by atoms with Gasteiger partial charge in [0.15, 0.2) is 5.13 Å². The highest BCUT2D eigenvalue weighted by molar-refractivity contribution is 7.21. The molecule has 0 aliphatic heterocycles. The lowest BCUT2D eigenvalue weighted by Crippen LogP contribution is -2.20. The van der Waals surface area contributed by atoms with Gasteiger partial charge in [-0.1, -0.05) is 18.9 Å². The van der Waals surface area contributed by atoms with Crippen LogP contribution in [0.2, 0.25) is 0 Å². The minimum Gasteiger partial charge on any atom is -0.326 e. The van der Waals surface area contributed by atoms with Gasteiger partial charge in [-0.2, -0.15) is 0 Å². The Kier molecular flexibility index (Phi) is 6.20. The fourth-order valence-corrected chi connectivity index (χ4v) is 5.84. The average molecular weight is 477 g/mol. The number of anilines is 2. The van der Waals surface area contributed by atoms with Crippen LogP contribution in [0.1, 0.15) is 36.9 Å². The van der Waals surface area contributed by atoms with E-state index in [1.54, 1.807) is 11.3 Å². The smallest absolute Gasteiger partial charge is 0.230 e. The predicted molar refractivity (Wildman–Crippen MR) is 135 cm³/mol. The molecule has 33 heavy (non-hydrogen) atoms. The van der Waals surface area contributed by atoms with Gasteiger partial charge < -0.3 is 10.6 Å². The Morgan fingerprint density at radius 1 is 1.03 bits per heavy atom. The quantitative estimate of drug-likeness (QED) is 0.355. The summed E-state index contributed by atoms with van der Waals surface area (Å²) >= 11 is 3.02. The van der Waals surface area contributed by atoms with Crippen LogP contribution >= 0.6 is 22.7 Å². The van der Waals surface area contributed by atoms with Crippen LogP contribution < -0.4 is 10.6 Å². The van der Waals surface area contributed by atoms with Crippen LogP contribution in [0.4, 0.5) is 10.8 Å². The molecule has 2 aromatic heterocycles. The van der Waals surface area contributed by atoms with E-state index in [9.17, 15) is 9.59 Å². The lowest BCUT2D eigenvalue weighted by atomic mass is 10.1. The van der Waals surface area contributed by atoms with Crippen LogP contribution in [-0.4, -0.2) is 21.8 Å². The Bertz CT molecular complexity index is 1300. The van der Waals surface area contributed by atoms with Gasteiger partial charge in [0.1, 0.15) is 5.01 Å². The molecule has 1 aliphatic rings. The fraction of sp³-hybridized carbons (Fsp3) is 0.280. The van der Waals surface area contributed by atoms with Gasteiger partial charge in [-0.3, -0.25) is 9.59 Å². The molecule has 168 valence electrons. The van der Waals surface area contributed by atoms with E-state index in [1.165, 1.54) is 21.6 Å². The summed E-state index contributed by atoms with van der Waals surface area (Å²) in [7, 11) is 0. The van der Waals surface area contributed by atoms with E-state index >= 15 is 0 Å². The van der Waals surface area contributed by atoms with Crippen molar-refractivity contribution in [2.24, 2.45) is 5.92 Å². The van der Waals surface area contributed by atoms with Crippen molar-refractivity contribution in [2.75, 3.05) is 10.6 Å². The summed E-state index contributed by atoms with van der Waals surface area (Å²) in [6, 6.07) is 14.0. The van der Waals surface area contributed by atoms with E-state index in [2.05, 4.69) is 34.7 Å². The van der Waals surface area contributed by atoms with Crippen molar-refractivity contribution in [2.45, 2.75) is 39.0 Å². The number of fused-ring (bicyclic) bond motifs is 1. The summed E-state index contributed by atoms with van der Waals surface area (Å²) in [5, 5.41) is 9.16. The maximum atomic E-state index is 12.5. The van der Waals surface area contributed by atoms with Crippen molar-refractivity contribution in [1.29, 1.82) is 0 Å². The molecule has 1 saturated carbocycles. The van der Waals surface area contributed by atoms with Crippen LogP contribution in [-0.2, 0) is 16.0 Å². The molecule has 5 rings (SSSR count). The Hall–Kier alpha value is -3.10. The zero-order valence-electron chi connectivity index (χ0n) is 18.3. The molecule has 2 heterocycles. The van der Waals surface area contributed by atoms with E-state index in [4.69, 9.17) is 4.98 Å². The number of hydrogen-bond donors (Lipinski definition) is 2. The minimum absolute atomic E-state index is 0.0428. The molecule has 0 bridgehead atoms. The van der Waals surface area contributed by atoms with Crippen LogP contribution in [0.3, 0.4) is 0 Å². The third kappa shape index (κ3) is 5.12. The number of carbonyl (C=O) groups excluding carboxylic acids is 2. The average Bonchev–Trinajstić information content (AvgIpc) is 3.55. The van der Waals surface area contributed by atoms with Gasteiger partial charge in [-0.05, 0) is 61.7 Å². The Morgan fingerprint density at radius 3 is 2.61 bits per heavy atom. The number of thiazole rings is 2. The fourth-order valence-electron chi connectivity index (χ4n) is 4.06. The second-order valence-corrected chi connectivity index (χ2v) is 10.3. The third-order valence-electron chi connectivity index (χ3n) is 5.81. The molecule has 2 amide bonds. The monoisotopic (exact) mass is 476 g/mol. The normalized spacial score (nSPS) is 14.0. The van der Waals surface area contributed by atoms with E-state index in [-0.39, 0.29) is 24.2 Å². The van der Waals surface area contributed by atoms with Gasteiger partial charge in [0.05, 0.1) is 22.3 Å². The first-order chi connectivity index (χ1) is 16.0. The van der Waals surface area contributed by atoms with Crippen molar-refractivity contribution in [1.82, 2.24) is 9.97 Å². The number of nitrogens with one attached hydrogen (secondary N) is 2. The predicted octanol–water partition coefficient (Wildman–Crippen LogP) is 6.04. The molecule has 8 heteroatoms. The van der Waals surface area contributed by atoms with Crippen LogP contribution in [0.15, 0.2) is 47.8 Å². The summed E-state index contributed by atoms with van der Waals surface area (Å²) < 4.78 is 1.17. The van der Waals surface area contributed by atoms with Gasteiger partial charge in [0, 0.05) is 22.5 Å². The van der Waals surface area contributed by atoms with Crippen LogP contribution in [0.25, 0.3) is 20.8 Å². The number of benzene rings is 2. The Balaban J connectivity index is 1.18. The van der Waals surface area contributed by atoms with Crippen molar-refractivity contribution in [3.63, 3.8) is 0 Å². The molecular weight excluding hydrogens is 452 g/mol. The summed E-state index contributed by atoms with van der Waals surface area (Å²) in [6.45, 7) is 2.08. The highest BCUT2D eigenvalue weighted by Crippen LogP contribution is 2.31. The lowest BCUT2D eigenvalue weighted by Gasteiger charge is -2.07. The Morgan fingerprint density at radius 2 is 1.82 bits per heavy atom. The first-order valence-electron chi connectivity index (χ1n) is 11.1. The van der Waals surface area contributed by atoms with Crippen LogP contribution in [0.5, 0.6) is 0 Å². The van der Waals surface area contributed by atoms with Crippen molar-refractivity contribution >= 4 is 55.5 Å². The molecule has 0 unspecified atom stereocenters. The summed E-state index contributed by atoms with van der Waals surface area (Å²) in [4.78, 5) is 33.9. The molecule has 2 aromatic carbocycles. The van der Waals surface area contributed by atoms with Gasteiger partial charge in [0.25, 0.3) is 0 Å². The second kappa shape index (κ2) is 9.41. The first kappa shape index (κ1) is 21.7. The van der Waals surface area contributed by atoms with Gasteiger partial charge >= 0.3 is 0 Å². The topological polar surface area (TPSA) is 84.0 Å². The van der Waals surface area contributed by atoms with E-state index in [0.717, 1.165) is 47.5 Å². The minimum atomic E-state index is -0.141. The summed E-state index contributed by atoms with van der Waals surface area (Å²) in [5.41, 5.74) is 4.62. The van der Waals surface area contributed by atoms with E-state index in [1.807, 2.05) is 35.7 Å². The summed E-state index contributed by atoms with van der Waals surface area (Å²) in [6.07, 6.45) is 4.29. The van der Waals surface area contributed by atoms with Gasteiger partial charge in [-0.15, -0.1) is 22.7 Å². The summed E-state index contributed by atoms with van der Waals surface area (Å²) in [5.74, 6) is -0.00566. The number of amides is 2. The zero-order valence-corrected chi connectivity index (χ0v) is 19.9. The third-order valence-corrected chi connectivity index (χ3v) is 7.68. The number of carbonyl (C=O) groups is 2. The highest BCUT2D eigenvalue weighted by Gasteiger charge is 2.23. The van der Waals surface area contributed by atoms with Gasteiger partial charge in [-0.25, -0.2) is 9.97 Å². The molecule has 6 nitrogen and oxygen atoms in total. The standard InChI is InChI=1S/C25H24N4O2S2/c1-15-6-11-20-21(12-15)33-24(28-20)17-7-9-18(10-8-17)26-22(30)13-19-14-32-25(27-19)29-23(31)16-4-2-3-5-16/h6-12,14,16H,2-5,13H2,1H3,(H,26,30)(H,27,29,31). The molecule has 0 radical (unpaired) electrons. The number of hydrogen-bond acceptors (Lipinski definition) is 6. The van der Waals surface area contributed by atoms with Crippen molar-refractivity contribution < 1.29 is 9.59 Å². The van der Waals surface area contributed by atoms with Crippen molar-refractivity contribution in [3.05, 3.63) is 59.1 Å². The molecule has 1 aliphatic carbocycles.